The van der Waals surface area contributed by atoms with Gasteiger partial charge in [0.05, 0.1) is 17.1 Å². The molecular formula is C68H51N3. The van der Waals surface area contributed by atoms with Crippen LogP contribution in [0.2, 0.25) is 0 Å². The van der Waals surface area contributed by atoms with Crippen LogP contribution in [-0.2, 0) is 6.42 Å². The van der Waals surface area contributed by atoms with Gasteiger partial charge in [0.1, 0.15) is 0 Å². The number of nitrogens with zero attached hydrogens (tertiary/aromatic N) is 3. The summed E-state index contributed by atoms with van der Waals surface area (Å²) in [6, 6.07) is 76.8. The highest BCUT2D eigenvalue weighted by Crippen LogP contribution is 2.52. The minimum Gasteiger partial charge on any atom is -0.338 e. The second kappa shape index (κ2) is 17.1. The van der Waals surface area contributed by atoms with Crippen molar-refractivity contribution in [3.8, 4) is 27.9 Å². The van der Waals surface area contributed by atoms with Crippen molar-refractivity contribution in [2.75, 3.05) is 9.80 Å². The van der Waals surface area contributed by atoms with Crippen molar-refractivity contribution in [3.05, 3.63) is 276 Å². The highest BCUT2D eigenvalue weighted by Gasteiger charge is 2.35. The van der Waals surface area contributed by atoms with Gasteiger partial charge in [-0.1, -0.05) is 164 Å². The third-order valence-electron chi connectivity index (χ3n) is 15.5. The molecule has 2 heterocycles. The lowest BCUT2D eigenvalue weighted by molar-refractivity contribution is 0.711. The number of rotatable bonds is 8. The van der Waals surface area contributed by atoms with E-state index >= 15 is 0 Å². The number of anilines is 3. The molecular weight excluding hydrogens is 859 g/mol. The Hall–Kier alpha value is -8.66. The zero-order chi connectivity index (χ0) is 46.8. The molecule has 4 aliphatic rings. The molecule has 2 unspecified atom stereocenters. The SMILES string of the molecule is C1=CCC2C(=C1)N(c1ccccc1)c1ccc(-c3ccc4c(c3)c3cc(-c5ccc(C6=CC=C(N(c7ccc8ccccc8c7)C7C=Cc8ccccc8C7)CC6)cc5)ccc3n4-c3ccccc3)cc12. The number of hydrogen-bond donors (Lipinski definition) is 0. The quantitative estimate of drug-likeness (QED) is 0.150. The molecule has 0 spiro atoms. The van der Waals surface area contributed by atoms with Crippen molar-refractivity contribution >= 4 is 61.3 Å². The fourth-order valence-corrected chi connectivity index (χ4v) is 12.0. The Morgan fingerprint density at radius 1 is 0.493 bits per heavy atom. The van der Waals surface area contributed by atoms with E-state index in [-0.39, 0.29) is 6.04 Å². The number of para-hydroxylation sites is 2. The summed E-state index contributed by atoms with van der Waals surface area (Å²) in [7, 11) is 0. The van der Waals surface area contributed by atoms with E-state index < -0.39 is 0 Å². The summed E-state index contributed by atoms with van der Waals surface area (Å²) in [5.41, 5.74) is 21.8. The lowest BCUT2D eigenvalue weighted by atomic mass is 9.90. The van der Waals surface area contributed by atoms with E-state index in [9.17, 15) is 0 Å². The summed E-state index contributed by atoms with van der Waals surface area (Å²) in [6.07, 6.45) is 20.2. The summed E-state index contributed by atoms with van der Waals surface area (Å²) in [5, 5.41) is 5.06. The van der Waals surface area contributed by atoms with E-state index in [0.717, 1.165) is 25.7 Å². The maximum atomic E-state index is 2.59. The van der Waals surface area contributed by atoms with Gasteiger partial charge in [-0.05, 0) is 171 Å². The van der Waals surface area contributed by atoms with Crippen LogP contribution in [0.1, 0.15) is 47.4 Å². The molecule has 0 N–H and O–H groups in total. The van der Waals surface area contributed by atoms with Crippen LogP contribution >= 0.6 is 0 Å². The Kier molecular flexibility index (Phi) is 9.94. The van der Waals surface area contributed by atoms with Gasteiger partial charge in [0.15, 0.2) is 0 Å². The largest absolute Gasteiger partial charge is 0.338 e. The van der Waals surface area contributed by atoms with Gasteiger partial charge in [-0.25, -0.2) is 0 Å². The third-order valence-corrected chi connectivity index (χ3v) is 15.5. The molecule has 338 valence electrons. The Labute approximate surface area is 415 Å². The molecule has 3 heteroatoms. The zero-order valence-corrected chi connectivity index (χ0v) is 39.5. The molecule has 3 aliphatic carbocycles. The Morgan fingerprint density at radius 3 is 1.93 bits per heavy atom. The Morgan fingerprint density at radius 2 is 1.15 bits per heavy atom. The van der Waals surface area contributed by atoms with E-state index in [1.807, 2.05) is 0 Å². The first-order valence-electron chi connectivity index (χ1n) is 25.2. The second-order valence-electron chi connectivity index (χ2n) is 19.5. The van der Waals surface area contributed by atoms with Crippen molar-refractivity contribution in [3.63, 3.8) is 0 Å². The predicted molar refractivity (Wildman–Crippen MR) is 300 cm³/mol. The Bertz CT molecular complexity index is 3880. The molecule has 0 saturated heterocycles. The highest BCUT2D eigenvalue weighted by molar-refractivity contribution is 6.11. The Balaban J connectivity index is 0.798. The van der Waals surface area contributed by atoms with E-state index in [1.165, 1.54) is 117 Å². The first kappa shape index (κ1) is 41.3. The topological polar surface area (TPSA) is 11.4 Å². The predicted octanol–water partition coefficient (Wildman–Crippen LogP) is 17.6. The van der Waals surface area contributed by atoms with Crippen LogP contribution < -0.4 is 9.80 Å². The van der Waals surface area contributed by atoms with Crippen molar-refractivity contribution in [2.24, 2.45) is 0 Å². The van der Waals surface area contributed by atoms with Gasteiger partial charge in [0.2, 0.25) is 0 Å². The number of fused-ring (bicyclic) bond motifs is 8. The normalized spacial score (nSPS) is 16.9. The lowest BCUT2D eigenvalue weighted by Crippen LogP contribution is -2.36. The fraction of sp³-hybridized carbons (Fsp3) is 0.0882. The molecule has 14 rings (SSSR count). The highest BCUT2D eigenvalue weighted by atomic mass is 15.2. The molecule has 10 aromatic rings. The maximum absolute atomic E-state index is 2.59. The summed E-state index contributed by atoms with van der Waals surface area (Å²) in [6.45, 7) is 0. The van der Waals surface area contributed by atoms with Crippen LogP contribution in [0, 0.1) is 0 Å². The average Bonchev–Trinajstić information content (AvgIpc) is 3.95. The lowest BCUT2D eigenvalue weighted by Gasteiger charge is -2.37. The van der Waals surface area contributed by atoms with Crippen LogP contribution in [0.15, 0.2) is 254 Å². The molecule has 3 nitrogen and oxygen atoms in total. The van der Waals surface area contributed by atoms with Gasteiger partial charge in [0.25, 0.3) is 0 Å². The summed E-state index contributed by atoms with van der Waals surface area (Å²) >= 11 is 0. The van der Waals surface area contributed by atoms with Crippen molar-refractivity contribution in [2.45, 2.75) is 37.6 Å². The number of benzene rings is 9. The molecule has 0 saturated carbocycles. The molecule has 0 amide bonds. The standard InChI is InChI=1S/C68H51N3/c1-3-17-56(18-4-1)70-65-22-12-11-21-61(65)62-44-54(32-39-66(62)70)55-33-40-68-64(45-55)63-43-53(31-38-67(63)71(68)57-19-5-2-6-20-57)50-25-23-48(24-26-50)49-27-34-58(35-28-49)69(59-36-29-46-13-7-9-15-51(46)41-59)60-37-30-47-14-8-10-16-52(47)42-60/h1-20,22-27,29-34,36-41,43-45,60-61H,21,28,35,42H2. The van der Waals surface area contributed by atoms with Gasteiger partial charge in [-0.2, -0.15) is 0 Å². The maximum Gasteiger partial charge on any atom is 0.0562 e. The van der Waals surface area contributed by atoms with Crippen LogP contribution in [-0.4, -0.2) is 10.6 Å². The molecule has 0 bridgehead atoms. The van der Waals surface area contributed by atoms with Crippen LogP contribution in [0.3, 0.4) is 0 Å². The molecule has 2 atom stereocenters. The number of hydrogen-bond acceptors (Lipinski definition) is 2. The number of allylic oxidation sites excluding steroid dienone is 8. The molecule has 71 heavy (non-hydrogen) atoms. The smallest absolute Gasteiger partial charge is 0.0562 e. The summed E-state index contributed by atoms with van der Waals surface area (Å²) < 4.78 is 2.43. The summed E-state index contributed by atoms with van der Waals surface area (Å²) in [4.78, 5) is 5.05. The minimum absolute atomic E-state index is 0.239. The van der Waals surface area contributed by atoms with Gasteiger partial charge in [-0.15, -0.1) is 0 Å². The minimum atomic E-state index is 0.239. The molecule has 9 aromatic carbocycles. The van der Waals surface area contributed by atoms with Gasteiger partial charge < -0.3 is 14.4 Å². The van der Waals surface area contributed by atoms with E-state index in [2.05, 4.69) is 263 Å². The van der Waals surface area contributed by atoms with Gasteiger partial charge in [0, 0.05) is 50.8 Å². The zero-order valence-electron chi connectivity index (χ0n) is 39.5. The van der Waals surface area contributed by atoms with Crippen molar-refractivity contribution < 1.29 is 0 Å². The second-order valence-corrected chi connectivity index (χ2v) is 19.5. The van der Waals surface area contributed by atoms with Crippen molar-refractivity contribution in [1.29, 1.82) is 0 Å². The average molecular weight is 910 g/mol. The molecule has 0 fully saturated rings. The third kappa shape index (κ3) is 7.19. The van der Waals surface area contributed by atoms with Crippen LogP contribution in [0.25, 0.3) is 72.2 Å². The van der Waals surface area contributed by atoms with Crippen LogP contribution in [0.5, 0.6) is 0 Å². The fourth-order valence-electron chi connectivity index (χ4n) is 12.0. The number of aromatic nitrogens is 1. The van der Waals surface area contributed by atoms with Gasteiger partial charge in [-0.3, -0.25) is 0 Å². The van der Waals surface area contributed by atoms with E-state index in [0.29, 0.717) is 5.92 Å². The van der Waals surface area contributed by atoms with Crippen LogP contribution in [0.4, 0.5) is 17.1 Å². The van der Waals surface area contributed by atoms with E-state index in [1.54, 1.807) is 0 Å². The molecule has 1 aliphatic heterocycles. The monoisotopic (exact) mass is 909 g/mol. The molecule has 1 aromatic heterocycles. The van der Waals surface area contributed by atoms with Crippen molar-refractivity contribution in [1.82, 2.24) is 4.57 Å². The van der Waals surface area contributed by atoms with E-state index in [4.69, 9.17) is 0 Å². The first-order chi connectivity index (χ1) is 35.2. The molecule has 0 radical (unpaired) electrons. The summed E-state index contributed by atoms with van der Waals surface area (Å²) in [5.74, 6) is 0.339. The first-order valence-corrected chi connectivity index (χ1v) is 25.2. The van der Waals surface area contributed by atoms with Gasteiger partial charge >= 0.3 is 0 Å².